The van der Waals surface area contributed by atoms with E-state index in [1.54, 1.807) is 0 Å². The van der Waals surface area contributed by atoms with Crippen molar-refractivity contribution in [2.45, 2.75) is 45.1 Å². The first-order chi connectivity index (χ1) is 8.49. The Morgan fingerprint density at radius 2 is 1.89 bits per heavy atom. The lowest BCUT2D eigenvalue weighted by atomic mass is 10.0. The summed E-state index contributed by atoms with van der Waals surface area (Å²) < 4.78 is 11.5. The standard InChI is InChI=1S/C15H23NO2/c1-14(2)17-12-15(3,18-14)9-10-16-11-13-7-5-4-6-8-13/h4-8,16H,9-12H2,1-3H3. The molecule has 1 aromatic carbocycles. The molecule has 0 bridgehead atoms. The Bertz CT molecular complexity index is 377. The van der Waals surface area contributed by atoms with Gasteiger partial charge in [-0.2, -0.15) is 0 Å². The molecule has 1 heterocycles. The maximum atomic E-state index is 5.93. The molecule has 1 aliphatic heterocycles. The second-order valence-electron chi connectivity index (χ2n) is 5.65. The second kappa shape index (κ2) is 5.39. The first kappa shape index (κ1) is 13.5. The van der Waals surface area contributed by atoms with Gasteiger partial charge in [0.1, 0.15) is 0 Å². The molecule has 1 fully saturated rings. The fourth-order valence-electron chi connectivity index (χ4n) is 2.28. The molecular formula is C15H23NO2. The van der Waals surface area contributed by atoms with Crippen molar-refractivity contribution in [2.24, 2.45) is 0 Å². The van der Waals surface area contributed by atoms with Crippen molar-refractivity contribution in [3.05, 3.63) is 35.9 Å². The summed E-state index contributed by atoms with van der Waals surface area (Å²) >= 11 is 0. The van der Waals surface area contributed by atoms with Gasteiger partial charge < -0.3 is 14.8 Å². The zero-order valence-electron chi connectivity index (χ0n) is 11.5. The third-order valence-electron chi connectivity index (χ3n) is 3.22. The van der Waals surface area contributed by atoms with Gasteiger partial charge in [0.2, 0.25) is 0 Å². The predicted molar refractivity (Wildman–Crippen MR) is 72.3 cm³/mol. The van der Waals surface area contributed by atoms with Gasteiger partial charge in [-0.05, 0) is 39.3 Å². The Labute approximate surface area is 109 Å². The lowest BCUT2D eigenvalue weighted by Gasteiger charge is -2.25. The van der Waals surface area contributed by atoms with E-state index < -0.39 is 5.79 Å². The Kier molecular flexibility index (Phi) is 4.05. The minimum Gasteiger partial charge on any atom is -0.348 e. The topological polar surface area (TPSA) is 30.5 Å². The Morgan fingerprint density at radius 3 is 2.50 bits per heavy atom. The van der Waals surface area contributed by atoms with E-state index in [1.807, 2.05) is 19.9 Å². The number of rotatable bonds is 5. The quantitative estimate of drug-likeness (QED) is 0.814. The molecule has 1 aromatic rings. The molecule has 2 rings (SSSR count). The highest BCUT2D eigenvalue weighted by Crippen LogP contribution is 2.32. The van der Waals surface area contributed by atoms with Crippen LogP contribution in [0.25, 0.3) is 0 Å². The lowest BCUT2D eigenvalue weighted by Crippen LogP contribution is -2.34. The zero-order valence-corrected chi connectivity index (χ0v) is 11.5. The van der Waals surface area contributed by atoms with Gasteiger partial charge in [0.25, 0.3) is 0 Å². The molecule has 1 atom stereocenters. The molecule has 0 radical (unpaired) electrons. The number of hydrogen-bond acceptors (Lipinski definition) is 3. The number of benzene rings is 1. The zero-order chi connectivity index (χ0) is 13.1. The smallest absolute Gasteiger partial charge is 0.163 e. The van der Waals surface area contributed by atoms with E-state index in [2.05, 4.69) is 36.5 Å². The average molecular weight is 249 g/mol. The van der Waals surface area contributed by atoms with Crippen LogP contribution >= 0.6 is 0 Å². The molecule has 0 amide bonds. The Balaban J connectivity index is 1.70. The third-order valence-corrected chi connectivity index (χ3v) is 3.22. The lowest BCUT2D eigenvalue weighted by molar-refractivity contribution is -0.158. The summed E-state index contributed by atoms with van der Waals surface area (Å²) in [6, 6.07) is 10.4. The van der Waals surface area contributed by atoms with Crippen LogP contribution in [0.2, 0.25) is 0 Å². The molecule has 1 saturated heterocycles. The van der Waals surface area contributed by atoms with Crippen LogP contribution in [0.5, 0.6) is 0 Å². The molecule has 1 N–H and O–H groups in total. The van der Waals surface area contributed by atoms with Crippen LogP contribution < -0.4 is 5.32 Å². The van der Waals surface area contributed by atoms with Crippen LogP contribution in [0, 0.1) is 0 Å². The van der Waals surface area contributed by atoms with Gasteiger partial charge in [0.15, 0.2) is 5.79 Å². The highest BCUT2D eigenvalue weighted by Gasteiger charge is 2.41. The van der Waals surface area contributed by atoms with Gasteiger partial charge >= 0.3 is 0 Å². The van der Waals surface area contributed by atoms with Crippen LogP contribution in [0.15, 0.2) is 30.3 Å². The normalized spacial score (nSPS) is 26.4. The van der Waals surface area contributed by atoms with Gasteiger partial charge in [0.05, 0.1) is 12.2 Å². The molecule has 0 spiro atoms. The van der Waals surface area contributed by atoms with Gasteiger partial charge in [-0.3, -0.25) is 0 Å². The first-order valence-electron chi connectivity index (χ1n) is 6.58. The van der Waals surface area contributed by atoms with E-state index in [-0.39, 0.29) is 5.60 Å². The molecule has 3 heteroatoms. The maximum Gasteiger partial charge on any atom is 0.163 e. The molecule has 0 aliphatic carbocycles. The summed E-state index contributed by atoms with van der Waals surface area (Å²) in [6.45, 7) is 8.57. The number of hydrogen-bond donors (Lipinski definition) is 1. The molecular weight excluding hydrogens is 226 g/mol. The Hall–Kier alpha value is -0.900. The fourth-order valence-corrected chi connectivity index (χ4v) is 2.28. The summed E-state index contributed by atoms with van der Waals surface area (Å²) in [5.74, 6) is -0.436. The molecule has 1 unspecified atom stereocenters. The minimum atomic E-state index is -0.436. The third kappa shape index (κ3) is 3.80. The molecule has 0 saturated carbocycles. The molecule has 0 aromatic heterocycles. The van der Waals surface area contributed by atoms with E-state index in [0.717, 1.165) is 19.5 Å². The molecule has 1 aliphatic rings. The summed E-state index contributed by atoms with van der Waals surface area (Å²) in [5, 5.41) is 3.45. The van der Waals surface area contributed by atoms with Crippen molar-refractivity contribution in [2.75, 3.05) is 13.2 Å². The van der Waals surface area contributed by atoms with E-state index in [9.17, 15) is 0 Å². The van der Waals surface area contributed by atoms with E-state index in [1.165, 1.54) is 5.56 Å². The average Bonchev–Trinajstić information content (AvgIpc) is 2.61. The van der Waals surface area contributed by atoms with Crippen LogP contribution in [0.1, 0.15) is 32.8 Å². The van der Waals surface area contributed by atoms with Crippen molar-refractivity contribution in [3.8, 4) is 0 Å². The van der Waals surface area contributed by atoms with Crippen molar-refractivity contribution >= 4 is 0 Å². The van der Waals surface area contributed by atoms with Crippen LogP contribution in [0.4, 0.5) is 0 Å². The highest BCUT2D eigenvalue weighted by atomic mass is 16.7. The second-order valence-corrected chi connectivity index (χ2v) is 5.65. The van der Waals surface area contributed by atoms with Crippen molar-refractivity contribution < 1.29 is 9.47 Å². The number of ether oxygens (including phenoxy) is 2. The first-order valence-corrected chi connectivity index (χ1v) is 6.58. The summed E-state index contributed by atoms with van der Waals surface area (Å²) in [6.07, 6.45) is 0.962. The fraction of sp³-hybridized carbons (Fsp3) is 0.600. The summed E-state index contributed by atoms with van der Waals surface area (Å²) in [4.78, 5) is 0. The molecule has 18 heavy (non-hydrogen) atoms. The van der Waals surface area contributed by atoms with Crippen LogP contribution in [-0.4, -0.2) is 24.5 Å². The number of nitrogens with one attached hydrogen (secondary N) is 1. The van der Waals surface area contributed by atoms with E-state index in [4.69, 9.17) is 9.47 Å². The van der Waals surface area contributed by atoms with E-state index in [0.29, 0.717) is 6.61 Å². The van der Waals surface area contributed by atoms with Crippen molar-refractivity contribution in [1.29, 1.82) is 0 Å². The van der Waals surface area contributed by atoms with Crippen molar-refractivity contribution in [1.82, 2.24) is 5.32 Å². The summed E-state index contributed by atoms with van der Waals surface area (Å²) in [7, 11) is 0. The Morgan fingerprint density at radius 1 is 1.17 bits per heavy atom. The SMILES string of the molecule is CC1(CCNCc2ccccc2)COC(C)(C)O1. The van der Waals surface area contributed by atoms with Gasteiger partial charge in [-0.1, -0.05) is 30.3 Å². The van der Waals surface area contributed by atoms with Gasteiger partial charge in [0, 0.05) is 6.54 Å². The minimum absolute atomic E-state index is 0.160. The monoisotopic (exact) mass is 249 g/mol. The molecule has 100 valence electrons. The van der Waals surface area contributed by atoms with Gasteiger partial charge in [-0.15, -0.1) is 0 Å². The highest BCUT2D eigenvalue weighted by molar-refractivity contribution is 5.14. The van der Waals surface area contributed by atoms with Crippen molar-refractivity contribution in [3.63, 3.8) is 0 Å². The van der Waals surface area contributed by atoms with Crippen LogP contribution in [0.3, 0.4) is 0 Å². The van der Waals surface area contributed by atoms with Crippen LogP contribution in [-0.2, 0) is 16.0 Å². The molecule has 3 nitrogen and oxygen atoms in total. The predicted octanol–water partition coefficient (Wildman–Crippen LogP) is 2.71. The maximum absolute atomic E-state index is 5.93. The van der Waals surface area contributed by atoms with Gasteiger partial charge in [-0.25, -0.2) is 0 Å². The van der Waals surface area contributed by atoms with E-state index >= 15 is 0 Å². The summed E-state index contributed by atoms with van der Waals surface area (Å²) in [5.41, 5.74) is 1.15. The largest absolute Gasteiger partial charge is 0.348 e.